The van der Waals surface area contributed by atoms with Crippen LogP contribution in [0.1, 0.15) is 42.5 Å². The molecule has 3 N–H and O–H groups in total. The predicted octanol–water partition coefficient (Wildman–Crippen LogP) is 0.811. The summed E-state index contributed by atoms with van der Waals surface area (Å²) in [5.74, 6) is -0.0644. The Balaban J connectivity index is 2.05. The largest absolute Gasteiger partial charge is 0.345 e. The van der Waals surface area contributed by atoms with Gasteiger partial charge >= 0.3 is 0 Å². The lowest BCUT2D eigenvalue weighted by molar-refractivity contribution is 0.0874. The molecular formula is C12H20N4O. The number of amides is 1. The summed E-state index contributed by atoms with van der Waals surface area (Å²) in [6, 6.07) is 0. The van der Waals surface area contributed by atoms with Crippen molar-refractivity contribution >= 4 is 5.91 Å². The Hall–Kier alpha value is -1.36. The van der Waals surface area contributed by atoms with Gasteiger partial charge in [0.2, 0.25) is 0 Å². The minimum absolute atomic E-state index is 0.0644. The Morgan fingerprint density at radius 2 is 2.24 bits per heavy atom. The van der Waals surface area contributed by atoms with Crippen LogP contribution in [0, 0.1) is 0 Å². The van der Waals surface area contributed by atoms with E-state index in [2.05, 4.69) is 10.4 Å². The van der Waals surface area contributed by atoms with Crippen molar-refractivity contribution in [3.05, 3.63) is 18.0 Å². The van der Waals surface area contributed by atoms with E-state index in [1.54, 1.807) is 24.1 Å². The number of rotatable bonds is 3. The van der Waals surface area contributed by atoms with Gasteiger partial charge in [0.1, 0.15) is 0 Å². The van der Waals surface area contributed by atoms with Crippen molar-refractivity contribution in [3.8, 4) is 0 Å². The zero-order valence-electron chi connectivity index (χ0n) is 10.3. The van der Waals surface area contributed by atoms with Gasteiger partial charge in [-0.2, -0.15) is 5.10 Å². The highest BCUT2D eigenvalue weighted by Crippen LogP contribution is 2.27. The van der Waals surface area contributed by atoms with Crippen LogP contribution in [0.2, 0.25) is 0 Å². The Bertz CT molecular complexity index is 393. The van der Waals surface area contributed by atoms with Crippen LogP contribution in [0.4, 0.5) is 0 Å². The van der Waals surface area contributed by atoms with Crippen molar-refractivity contribution in [2.75, 3.05) is 6.54 Å². The Morgan fingerprint density at radius 3 is 2.76 bits per heavy atom. The molecule has 0 atom stereocenters. The molecule has 1 aromatic rings. The molecule has 5 nitrogen and oxygen atoms in total. The van der Waals surface area contributed by atoms with Crippen molar-refractivity contribution in [3.63, 3.8) is 0 Å². The Kier molecular flexibility index (Phi) is 3.47. The van der Waals surface area contributed by atoms with E-state index < -0.39 is 0 Å². The molecule has 0 spiro atoms. The monoisotopic (exact) mass is 236 g/mol. The van der Waals surface area contributed by atoms with E-state index >= 15 is 0 Å². The minimum Gasteiger partial charge on any atom is -0.345 e. The molecule has 1 amide bonds. The molecule has 94 valence electrons. The molecule has 0 saturated heterocycles. The zero-order valence-corrected chi connectivity index (χ0v) is 10.3. The minimum atomic E-state index is -0.203. The number of aromatic nitrogens is 2. The maximum absolute atomic E-state index is 12.1. The van der Waals surface area contributed by atoms with Gasteiger partial charge in [0.15, 0.2) is 0 Å². The van der Waals surface area contributed by atoms with E-state index in [1.165, 1.54) is 6.42 Å². The fourth-order valence-electron chi connectivity index (χ4n) is 2.46. The number of hydrogen-bond donors (Lipinski definition) is 2. The molecule has 1 fully saturated rings. The quantitative estimate of drug-likeness (QED) is 0.815. The van der Waals surface area contributed by atoms with Gasteiger partial charge in [-0.05, 0) is 12.8 Å². The second-order valence-electron chi connectivity index (χ2n) is 4.90. The van der Waals surface area contributed by atoms with E-state index in [9.17, 15) is 4.79 Å². The molecule has 1 aromatic heterocycles. The molecule has 1 saturated carbocycles. The average molecular weight is 236 g/mol. The first kappa shape index (κ1) is 12.1. The van der Waals surface area contributed by atoms with E-state index in [0.717, 1.165) is 25.7 Å². The van der Waals surface area contributed by atoms with Crippen molar-refractivity contribution in [2.24, 2.45) is 12.8 Å². The average Bonchev–Trinajstić information content (AvgIpc) is 2.77. The van der Waals surface area contributed by atoms with E-state index in [1.807, 2.05) is 0 Å². The molecule has 1 aliphatic rings. The summed E-state index contributed by atoms with van der Waals surface area (Å²) in [5.41, 5.74) is 6.23. The van der Waals surface area contributed by atoms with Crippen molar-refractivity contribution in [1.82, 2.24) is 15.1 Å². The highest BCUT2D eigenvalue weighted by molar-refractivity contribution is 5.94. The van der Waals surface area contributed by atoms with Crippen LogP contribution >= 0.6 is 0 Å². The third kappa shape index (κ3) is 2.66. The molecule has 5 heteroatoms. The molecule has 1 aliphatic carbocycles. The first-order valence-electron chi connectivity index (χ1n) is 6.16. The fourth-order valence-corrected chi connectivity index (χ4v) is 2.46. The molecule has 2 rings (SSSR count). The van der Waals surface area contributed by atoms with E-state index in [4.69, 9.17) is 5.73 Å². The number of hydrogen-bond acceptors (Lipinski definition) is 3. The number of nitrogens with one attached hydrogen (secondary N) is 1. The summed E-state index contributed by atoms with van der Waals surface area (Å²) in [4.78, 5) is 12.1. The highest BCUT2D eigenvalue weighted by Gasteiger charge is 2.32. The SMILES string of the molecule is Cn1cc(C(=O)NC2(CN)CCCCC2)cn1. The Morgan fingerprint density at radius 1 is 1.53 bits per heavy atom. The lowest BCUT2D eigenvalue weighted by atomic mass is 9.81. The molecule has 0 radical (unpaired) electrons. The molecule has 0 unspecified atom stereocenters. The number of nitrogens with two attached hydrogens (primary N) is 1. The van der Waals surface area contributed by atoms with Gasteiger partial charge in [0, 0.05) is 19.8 Å². The summed E-state index contributed by atoms with van der Waals surface area (Å²) in [5, 5.41) is 7.10. The third-order valence-corrected chi connectivity index (χ3v) is 3.55. The first-order chi connectivity index (χ1) is 8.15. The number of nitrogens with zero attached hydrogens (tertiary/aromatic N) is 2. The van der Waals surface area contributed by atoms with E-state index in [-0.39, 0.29) is 11.4 Å². The summed E-state index contributed by atoms with van der Waals surface area (Å²) < 4.78 is 1.63. The molecule has 17 heavy (non-hydrogen) atoms. The van der Waals surface area contributed by atoms with Crippen molar-refractivity contribution in [1.29, 1.82) is 0 Å². The number of carbonyl (C=O) groups excluding carboxylic acids is 1. The van der Waals surface area contributed by atoms with Crippen LogP contribution in [0.15, 0.2) is 12.4 Å². The van der Waals surface area contributed by atoms with E-state index in [0.29, 0.717) is 12.1 Å². The fraction of sp³-hybridized carbons (Fsp3) is 0.667. The van der Waals surface area contributed by atoms with Gasteiger partial charge < -0.3 is 11.1 Å². The first-order valence-corrected chi connectivity index (χ1v) is 6.16. The van der Waals surface area contributed by atoms with Crippen LogP contribution in [0.5, 0.6) is 0 Å². The smallest absolute Gasteiger partial charge is 0.254 e. The molecule has 0 aromatic carbocycles. The van der Waals surface area contributed by atoms with Crippen molar-refractivity contribution in [2.45, 2.75) is 37.6 Å². The maximum Gasteiger partial charge on any atom is 0.254 e. The van der Waals surface area contributed by atoms with Gasteiger partial charge in [-0.15, -0.1) is 0 Å². The van der Waals surface area contributed by atoms with Crippen LogP contribution < -0.4 is 11.1 Å². The topological polar surface area (TPSA) is 72.9 Å². The number of aryl methyl sites for hydroxylation is 1. The normalized spacial score (nSPS) is 18.9. The molecule has 0 bridgehead atoms. The lowest BCUT2D eigenvalue weighted by Crippen LogP contribution is -2.54. The second kappa shape index (κ2) is 4.87. The van der Waals surface area contributed by atoms with Crippen LogP contribution in [-0.2, 0) is 7.05 Å². The van der Waals surface area contributed by atoms with Crippen molar-refractivity contribution < 1.29 is 4.79 Å². The summed E-state index contributed by atoms with van der Waals surface area (Å²) >= 11 is 0. The number of carbonyl (C=O) groups is 1. The summed E-state index contributed by atoms with van der Waals surface area (Å²) in [6.45, 7) is 0.513. The summed E-state index contributed by atoms with van der Waals surface area (Å²) in [7, 11) is 1.80. The van der Waals surface area contributed by atoms with Gasteiger partial charge in [-0.3, -0.25) is 9.48 Å². The van der Waals surface area contributed by atoms with Gasteiger partial charge in [0.25, 0.3) is 5.91 Å². The summed E-state index contributed by atoms with van der Waals surface area (Å²) in [6.07, 6.45) is 8.80. The van der Waals surface area contributed by atoms with Gasteiger partial charge in [0.05, 0.1) is 17.3 Å². The standard InChI is InChI=1S/C12H20N4O/c1-16-8-10(7-14-16)11(17)15-12(9-13)5-3-2-4-6-12/h7-8H,2-6,9,13H2,1H3,(H,15,17). The van der Waals surface area contributed by atoms with Gasteiger partial charge in [-0.1, -0.05) is 19.3 Å². The maximum atomic E-state index is 12.1. The third-order valence-electron chi connectivity index (χ3n) is 3.55. The second-order valence-corrected chi connectivity index (χ2v) is 4.90. The van der Waals surface area contributed by atoms with Crippen LogP contribution in [0.25, 0.3) is 0 Å². The predicted molar refractivity (Wildman–Crippen MR) is 65.5 cm³/mol. The van der Waals surface area contributed by atoms with Crippen LogP contribution in [0.3, 0.4) is 0 Å². The lowest BCUT2D eigenvalue weighted by Gasteiger charge is -2.37. The highest BCUT2D eigenvalue weighted by atomic mass is 16.1. The zero-order chi connectivity index (χ0) is 12.3. The van der Waals surface area contributed by atoms with Crippen LogP contribution in [-0.4, -0.2) is 27.8 Å². The molecular weight excluding hydrogens is 216 g/mol. The molecule has 1 heterocycles. The Labute approximate surface area is 101 Å². The molecule has 0 aliphatic heterocycles. The van der Waals surface area contributed by atoms with Gasteiger partial charge in [-0.25, -0.2) is 0 Å².